The molecule has 1 N–H and O–H groups in total. The van der Waals surface area contributed by atoms with Crippen molar-refractivity contribution in [1.82, 2.24) is 9.80 Å². The molecule has 0 aromatic heterocycles. The van der Waals surface area contributed by atoms with Gasteiger partial charge in [0.25, 0.3) is 0 Å². The van der Waals surface area contributed by atoms with Crippen molar-refractivity contribution < 1.29 is 22.7 Å². The van der Waals surface area contributed by atoms with Crippen molar-refractivity contribution in [2.45, 2.75) is 37.8 Å². The van der Waals surface area contributed by atoms with Gasteiger partial charge in [-0.05, 0) is 42.2 Å². The van der Waals surface area contributed by atoms with Crippen LogP contribution in [-0.2, 0) is 6.54 Å². The predicted octanol–water partition coefficient (Wildman–Crippen LogP) is 6.19. The van der Waals surface area contributed by atoms with E-state index in [-0.39, 0.29) is 23.9 Å². The molecule has 1 saturated heterocycles. The molecule has 0 spiro atoms. The van der Waals surface area contributed by atoms with E-state index in [9.17, 15) is 18.0 Å². The fourth-order valence-corrected chi connectivity index (χ4v) is 5.10. The van der Waals surface area contributed by atoms with Gasteiger partial charge >= 0.3 is 12.4 Å². The molecule has 1 fully saturated rings. The van der Waals surface area contributed by atoms with Gasteiger partial charge in [-0.25, -0.2) is 4.79 Å². The van der Waals surface area contributed by atoms with Crippen molar-refractivity contribution in [2.75, 3.05) is 18.4 Å². The first-order chi connectivity index (χ1) is 16.9. The summed E-state index contributed by atoms with van der Waals surface area (Å²) in [6.45, 7) is 2.00. The molecule has 3 aromatic carbocycles. The Kier molecular flexibility index (Phi) is 6.38. The first-order valence-corrected chi connectivity index (χ1v) is 11.7. The molecular weight excluding hydrogens is 455 g/mol. The number of nitrogens with zero attached hydrogens (tertiary/aromatic N) is 2. The lowest BCUT2D eigenvalue weighted by molar-refractivity contribution is -0.274. The van der Waals surface area contributed by atoms with Gasteiger partial charge in [0.1, 0.15) is 5.75 Å². The number of carbonyl (C=O) groups excluding carboxylic acids is 1. The van der Waals surface area contributed by atoms with Gasteiger partial charge < -0.3 is 15.0 Å². The number of carbonyl (C=O) groups is 1. The predicted molar refractivity (Wildman–Crippen MR) is 127 cm³/mol. The van der Waals surface area contributed by atoms with Crippen LogP contribution in [0.25, 0.3) is 0 Å². The average Bonchev–Trinajstić information content (AvgIpc) is 2.83. The topological polar surface area (TPSA) is 44.8 Å². The van der Waals surface area contributed by atoms with Gasteiger partial charge in [-0.3, -0.25) is 4.90 Å². The number of alkyl halides is 3. The molecule has 8 heteroatoms. The minimum absolute atomic E-state index is 0.0460. The van der Waals surface area contributed by atoms with Gasteiger partial charge in [0, 0.05) is 36.9 Å². The van der Waals surface area contributed by atoms with Crippen LogP contribution >= 0.6 is 0 Å². The van der Waals surface area contributed by atoms with Crippen molar-refractivity contribution in [3.8, 4) is 5.75 Å². The Morgan fingerprint density at radius 2 is 1.63 bits per heavy atom. The standard InChI is InChI=1S/C27H26F3N3O2/c28-27(29,30)35-22-10-6-7-19(17-22)18-32-15-13-21(14-16-32)33-25(20-8-2-1-3-9-20)23-11-4-5-12-24(23)31-26(33)34/h1-12,17,21,25H,13-16,18H2,(H,31,34). The number of urea groups is 1. The summed E-state index contributed by atoms with van der Waals surface area (Å²) >= 11 is 0. The van der Waals surface area contributed by atoms with Gasteiger partial charge in [-0.2, -0.15) is 0 Å². The summed E-state index contributed by atoms with van der Waals surface area (Å²) in [4.78, 5) is 17.4. The smallest absolute Gasteiger partial charge is 0.406 e. The van der Waals surface area contributed by atoms with Gasteiger partial charge in [-0.1, -0.05) is 60.7 Å². The second-order valence-corrected chi connectivity index (χ2v) is 8.94. The zero-order valence-electron chi connectivity index (χ0n) is 19.0. The molecule has 2 amide bonds. The van der Waals surface area contributed by atoms with Crippen molar-refractivity contribution in [3.63, 3.8) is 0 Å². The Balaban J connectivity index is 1.30. The monoisotopic (exact) mass is 481 g/mol. The molecule has 0 aliphatic carbocycles. The average molecular weight is 482 g/mol. The van der Waals surface area contributed by atoms with Crippen LogP contribution in [0.5, 0.6) is 5.75 Å². The molecule has 5 rings (SSSR count). The number of hydrogen-bond acceptors (Lipinski definition) is 3. The minimum Gasteiger partial charge on any atom is -0.406 e. The third-order valence-electron chi connectivity index (χ3n) is 6.61. The first kappa shape index (κ1) is 23.2. The van der Waals surface area contributed by atoms with E-state index in [1.165, 1.54) is 12.1 Å². The number of benzene rings is 3. The molecule has 0 bridgehead atoms. The van der Waals surface area contributed by atoms with Crippen LogP contribution in [0.15, 0.2) is 78.9 Å². The maximum Gasteiger partial charge on any atom is 0.573 e. The zero-order chi connectivity index (χ0) is 24.4. The third-order valence-corrected chi connectivity index (χ3v) is 6.61. The molecule has 2 aliphatic heterocycles. The number of fused-ring (bicyclic) bond motifs is 1. The first-order valence-electron chi connectivity index (χ1n) is 11.7. The van der Waals surface area contributed by atoms with Crippen molar-refractivity contribution >= 4 is 11.7 Å². The maximum absolute atomic E-state index is 13.3. The SMILES string of the molecule is O=C1Nc2ccccc2C(c2ccccc2)N1C1CCN(Cc2cccc(OC(F)(F)F)c2)CC1. The summed E-state index contributed by atoms with van der Waals surface area (Å²) in [5, 5.41) is 3.05. The quantitative estimate of drug-likeness (QED) is 0.473. The van der Waals surface area contributed by atoms with E-state index < -0.39 is 6.36 Å². The van der Waals surface area contributed by atoms with Crippen LogP contribution in [0, 0.1) is 0 Å². The lowest BCUT2D eigenvalue weighted by Gasteiger charge is -2.45. The molecular formula is C27H26F3N3O2. The van der Waals surface area contributed by atoms with Gasteiger partial charge in [0.2, 0.25) is 0 Å². The number of nitrogens with one attached hydrogen (secondary N) is 1. The number of rotatable bonds is 5. The fourth-order valence-electron chi connectivity index (χ4n) is 5.10. The van der Waals surface area contributed by atoms with Crippen LogP contribution in [0.1, 0.15) is 35.6 Å². The molecule has 182 valence electrons. The van der Waals surface area contributed by atoms with Crippen LogP contribution in [0.2, 0.25) is 0 Å². The molecule has 0 saturated carbocycles. The van der Waals surface area contributed by atoms with E-state index in [0.29, 0.717) is 6.54 Å². The Labute approximate surface area is 202 Å². The highest BCUT2D eigenvalue weighted by molar-refractivity contribution is 5.93. The van der Waals surface area contributed by atoms with Crippen LogP contribution in [0.3, 0.4) is 0 Å². The van der Waals surface area contributed by atoms with Crippen molar-refractivity contribution in [2.24, 2.45) is 0 Å². The molecule has 0 radical (unpaired) electrons. The Morgan fingerprint density at radius 1 is 0.914 bits per heavy atom. The van der Waals surface area contributed by atoms with E-state index in [1.54, 1.807) is 12.1 Å². The summed E-state index contributed by atoms with van der Waals surface area (Å²) < 4.78 is 41.7. The molecule has 2 aliphatic rings. The molecule has 1 unspecified atom stereocenters. The number of amides is 2. The summed E-state index contributed by atoms with van der Waals surface area (Å²) in [6.07, 6.45) is -3.16. The van der Waals surface area contributed by atoms with Gasteiger partial charge in [-0.15, -0.1) is 13.2 Å². The number of anilines is 1. The summed E-state index contributed by atoms with van der Waals surface area (Å²) in [5.74, 6) is -0.209. The van der Waals surface area contributed by atoms with E-state index in [0.717, 1.165) is 48.3 Å². The second-order valence-electron chi connectivity index (χ2n) is 8.94. The minimum atomic E-state index is -4.71. The van der Waals surface area contributed by atoms with Crippen LogP contribution in [-0.4, -0.2) is 41.3 Å². The number of halogens is 3. The van der Waals surface area contributed by atoms with Crippen LogP contribution in [0.4, 0.5) is 23.7 Å². The highest BCUT2D eigenvalue weighted by Crippen LogP contribution is 2.40. The normalized spacial score (nSPS) is 19.2. The van der Waals surface area contributed by atoms with E-state index in [4.69, 9.17) is 0 Å². The molecule has 2 heterocycles. The Morgan fingerprint density at radius 3 is 2.37 bits per heavy atom. The number of para-hydroxylation sites is 1. The lowest BCUT2D eigenvalue weighted by atomic mass is 9.90. The highest BCUT2D eigenvalue weighted by atomic mass is 19.4. The highest BCUT2D eigenvalue weighted by Gasteiger charge is 2.39. The maximum atomic E-state index is 13.3. The van der Waals surface area contributed by atoms with Crippen molar-refractivity contribution in [3.05, 3.63) is 95.6 Å². The number of ether oxygens (including phenoxy) is 1. The molecule has 1 atom stereocenters. The number of hydrogen-bond donors (Lipinski definition) is 1. The van der Waals surface area contributed by atoms with E-state index >= 15 is 0 Å². The lowest BCUT2D eigenvalue weighted by Crippen LogP contribution is -2.52. The van der Waals surface area contributed by atoms with E-state index in [2.05, 4.69) is 33.2 Å². The van der Waals surface area contributed by atoms with Gasteiger partial charge in [0.15, 0.2) is 0 Å². The van der Waals surface area contributed by atoms with E-state index in [1.807, 2.05) is 41.3 Å². The summed E-state index contributed by atoms with van der Waals surface area (Å²) in [6, 6.07) is 23.8. The largest absolute Gasteiger partial charge is 0.573 e. The number of likely N-dealkylation sites (tertiary alicyclic amines) is 1. The summed E-state index contributed by atoms with van der Waals surface area (Å²) in [7, 11) is 0. The van der Waals surface area contributed by atoms with Crippen molar-refractivity contribution in [1.29, 1.82) is 0 Å². The zero-order valence-corrected chi connectivity index (χ0v) is 19.0. The molecule has 5 nitrogen and oxygen atoms in total. The van der Waals surface area contributed by atoms with Crippen LogP contribution < -0.4 is 10.1 Å². The molecule has 3 aromatic rings. The molecule has 35 heavy (non-hydrogen) atoms. The Hall–Kier alpha value is -3.52. The van der Waals surface area contributed by atoms with Gasteiger partial charge in [0.05, 0.1) is 6.04 Å². The summed E-state index contributed by atoms with van der Waals surface area (Å²) in [5.41, 5.74) is 3.74. The fraction of sp³-hybridized carbons (Fsp3) is 0.296. The third kappa shape index (κ3) is 5.27. The number of piperidine rings is 1. The second kappa shape index (κ2) is 9.62. The Bertz CT molecular complexity index is 1180.